The van der Waals surface area contributed by atoms with E-state index in [1.165, 1.54) is 30.4 Å². The Labute approximate surface area is 112 Å². The Balaban J connectivity index is 2.09. The summed E-state index contributed by atoms with van der Waals surface area (Å²) in [5.41, 5.74) is 9.96. The summed E-state index contributed by atoms with van der Waals surface area (Å²) in [6, 6.07) is 5.79. The first-order valence-electron chi connectivity index (χ1n) is 6.80. The van der Waals surface area contributed by atoms with Crippen molar-refractivity contribution in [1.29, 1.82) is 0 Å². The lowest BCUT2D eigenvalue weighted by atomic mass is 9.98. The zero-order valence-electron chi connectivity index (χ0n) is 11.2. The minimum Gasteiger partial charge on any atom is -0.507 e. The van der Waals surface area contributed by atoms with Crippen LogP contribution in [0.4, 0.5) is 5.82 Å². The highest BCUT2D eigenvalue weighted by Crippen LogP contribution is 2.34. The third-order valence-electron chi connectivity index (χ3n) is 3.90. The number of nitrogen functional groups attached to an aromatic ring is 1. The number of nitrogens with zero attached hydrogens (tertiary/aromatic N) is 2. The molecule has 4 nitrogen and oxygen atoms in total. The largest absolute Gasteiger partial charge is 0.507 e. The fourth-order valence-electron chi connectivity index (χ4n) is 2.77. The number of rotatable bonds is 1. The van der Waals surface area contributed by atoms with Crippen LogP contribution in [0.1, 0.15) is 30.4 Å². The Kier molecular flexibility index (Phi) is 2.93. The van der Waals surface area contributed by atoms with E-state index in [-0.39, 0.29) is 0 Å². The predicted molar refractivity (Wildman–Crippen MR) is 76.0 cm³/mol. The SMILES string of the molecule is Cn1nc(-c2cc3c(cc2O)CCCCC3)cc1N. The molecule has 3 N–H and O–H groups in total. The van der Waals surface area contributed by atoms with Gasteiger partial charge in [0.15, 0.2) is 0 Å². The molecule has 0 bridgehead atoms. The number of aromatic hydroxyl groups is 1. The summed E-state index contributed by atoms with van der Waals surface area (Å²) in [4.78, 5) is 0. The van der Waals surface area contributed by atoms with Crippen molar-refractivity contribution < 1.29 is 5.11 Å². The third kappa shape index (κ3) is 2.18. The maximum absolute atomic E-state index is 10.2. The lowest BCUT2D eigenvalue weighted by molar-refractivity contribution is 0.476. The summed E-state index contributed by atoms with van der Waals surface area (Å²) in [7, 11) is 1.80. The fraction of sp³-hybridized carbons (Fsp3) is 0.400. The molecule has 0 aliphatic heterocycles. The summed E-state index contributed by atoms with van der Waals surface area (Å²) in [6.45, 7) is 0. The molecule has 0 unspecified atom stereocenters. The fourth-order valence-corrected chi connectivity index (χ4v) is 2.77. The molecule has 4 heteroatoms. The molecule has 2 aromatic rings. The highest BCUT2D eigenvalue weighted by molar-refractivity contribution is 5.70. The van der Waals surface area contributed by atoms with E-state index in [1.54, 1.807) is 17.8 Å². The zero-order chi connectivity index (χ0) is 13.4. The van der Waals surface area contributed by atoms with Crippen LogP contribution < -0.4 is 5.73 Å². The molecule has 0 radical (unpaired) electrons. The molecule has 0 atom stereocenters. The van der Waals surface area contributed by atoms with E-state index in [0.29, 0.717) is 11.6 Å². The maximum Gasteiger partial charge on any atom is 0.125 e. The van der Waals surface area contributed by atoms with Crippen LogP contribution in [0.2, 0.25) is 0 Å². The van der Waals surface area contributed by atoms with Gasteiger partial charge in [0.05, 0.1) is 5.69 Å². The molecule has 19 heavy (non-hydrogen) atoms. The van der Waals surface area contributed by atoms with Crippen LogP contribution in [0.25, 0.3) is 11.3 Å². The zero-order valence-corrected chi connectivity index (χ0v) is 11.2. The topological polar surface area (TPSA) is 64.1 Å². The van der Waals surface area contributed by atoms with Crippen LogP contribution in [0.15, 0.2) is 18.2 Å². The smallest absolute Gasteiger partial charge is 0.125 e. The van der Waals surface area contributed by atoms with Gasteiger partial charge in [0.1, 0.15) is 11.6 Å². The number of benzene rings is 1. The lowest BCUT2D eigenvalue weighted by Crippen LogP contribution is -1.97. The quantitative estimate of drug-likeness (QED) is 0.772. The summed E-state index contributed by atoms with van der Waals surface area (Å²) in [6.07, 6.45) is 5.85. The van der Waals surface area contributed by atoms with Crippen molar-refractivity contribution in [1.82, 2.24) is 9.78 Å². The van der Waals surface area contributed by atoms with Gasteiger partial charge in [-0.25, -0.2) is 0 Å². The summed E-state index contributed by atoms with van der Waals surface area (Å²) in [5, 5.41) is 14.6. The minimum atomic E-state index is 0.304. The standard InChI is InChI=1S/C15H19N3O/c1-18-15(16)9-13(17-18)12-7-10-5-3-2-4-6-11(10)8-14(12)19/h7-9,19H,2-6,16H2,1H3. The van der Waals surface area contributed by atoms with Crippen molar-refractivity contribution in [2.45, 2.75) is 32.1 Å². The molecule has 0 spiro atoms. The van der Waals surface area contributed by atoms with Gasteiger partial charge in [0.2, 0.25) is 0 Å². The van der Waals surface area contributed by atoms with Gasteiger partial charge in [0.25, 0.3) is 0 Å². The molecule has 0 saturated heterocycles. The normalized spacial score (nSPS) is 15.0. The monoisotopic (exact) mass is 257 g/mol. The second-order valence-corrected chi connectivity index (χ2v) is 5.28. The van der Waals surface area contributed by atoms with Gasteiger partial charge in [-0.1, -0.05) is 6.42 Å². The Morgan fingerprint density at radius 2 is 1.79 bits per heavy atom. The molecular weight excluding hydrogens is 238 g/mol. The molecule has 1 aromatic carbocycles. The lowest BCUT2D eigenvalue weighted by Gasteiger charge is -2.10. The van der Waals surface area contributed by atoms with Gasteiger partial charge in [-0.2, -0.15) is 5.10 Å². The molecule has 1 heterocycles. The Bertz CT molecular complexity index is 597. The van der Waals surface area contributed by atoms with E-state index in [2.05, 4.69) is 11.2 Å². The van der Waals surface area contributed by atoms with Crippen LogP contribution in [-0.4, -0.2) is 14.9 Å². The van der Waals surface area contributed by atoms with Gasteiger partial charge in [0, 0.05) is 18.7 Å². The number of phenols is 1. The molecule has 0 saturated carbocycles. The average Bonchev–Trinajstić information content (AvgIpc) is 2.60. The van der Waals surface area contributed by atoms with Gasteiger partial charge in [-0.15, -0.1) is 0 Å². The molecular formula is C15H19N3O. The third-order valence-corrected chi connectivity index (χ3v) is 3.90. The van der Waals surface area contributed by atoms with Gasteiger partial charge < -0.3 is 10.8 Å². The number of hydrogen-bond donors (Lipinski definition) is 2. The van der Waals surface area contributed by atoms with Crippen LogP contribution in [0, 0.1) is 0 Å². The number of hydrogen-bond acceptors (Lipinski definition) is 3. The van der Waals surface area contributed by atoms with E-state index in [9.17, 15) is 5.11 Å². The molecule has 0 amide bonds. The van der Waals surface area contributed by atoms with E-state index >= 15 is 0 Å². The van der Waals surface area contributed by atoms with Crippen LogP contribution in [0.3, 0.4) is 0 Å². The van der Waals surface area contributed by atoms with Crippen molar-refractivity contribution in [2.24, 2.45) is 7.05 Å². The Morgan fingerprint density at radius 3 is 2.42 bits per heavy atom. The van der Waals surface area contributed by atoms with E-state index in [0.717, 1.165) is 24.1 Å². The number of aromatic nitrogens is 2. The van der Waals surface area contributed by atoms with Crippen LogP contribution in [-0.2, 0) is 19.9 Å². The average molecular weight is 257 g/mol. The summed E-state index contributed by atoms with van der Waals surface area (Å²) < 4.78 is 1.63. The van der Waals surface area contributed by atoms with Crippen molar-refractivity contribution in [2.75, 3.05) is 5.73 Å². The molecule has 1 aliphatic rings. The number of aryl methyl sites for hydroxylation is 3. The van der Waals surface area contributed by atoms with Gasteiger partial charge in [-0.05, 0) is 48.9 Å². The molecule has 100 valence electrons. The maximum atomic E-state index is 10.2. The van der Waals surface area contributed by atoms with Crippen molar-refractivity contribution in [3.05, 3.63) is 29.3 Å². The Morgan fingerprint density at radius 1 is 1.11 bits per heavy atom. The van der Waals surface area contributed by atoms with E-state index in [1.807, 2.05) is 6.07 Å². The molecule has 0 fully saturated rings. The molecule has 3 rings (SSSR count). The van der Waals surface area contributed by atoms with Crippen molar-refractivity contribution in [3.8, 4) is 17.0 Å². The summed E-state index contributed by atoms with van der Waals surface area (Å²) in [5.74, 6) is 0.906. The summed E-state index contributed by atoms with van der Waals surface area (Å²) >= 11 is 0. The van der Waals surface area contributed by atoms with E-state index in [4.69, 9.17) is 5.73 Å². The highest BCUT2D eigenvalue weighted by atomic mass is 16.3. The van der Waals surface area contributed by atoms with Gasteiger partial charge >= 0.3 is 0 Å². The first-order chi connectivity index (χ1) is 9.15. The molecule has 1 aromatic heterocycles. The second kappa shape index (κ2) is 4.61. The van der Waals surface area contributed by atoms with E-state index < -0.39 is 0 Å². The van der Waals surface area contributed by atoms with Crippen molar-refractivity contribution in [3.63, 3.8) is 0 Å². The number of anilines is 1. The number of phenolic OH excluding ortho intramolecular Hbond substituents is 1. The Hall–Kier alpha value is -1.97. The molecule has 1 aliphatic carbocycles. The second-order valence-electron chi connectivity index (χ2n) is 5.28. The minimum absolute atomic E-state index is 0.304. The van der Waals surface area contributed by atoms with Crippen LogP contribution in [0.5, 0.6) is 5.75 Å². The van der Waals surface area contributed by atoms with Gasteiger partial charge in [-0.3, -0.25) is 4.68 Å². The van der Waals surface area contributed by atoms with Crippen molar-refractivity contribution >= 4 is 5.82 Å². The first kappa shape index (κ1) is 12.1. The number of fused-ring (bicyclic) bond motifs is 1. The predicted octanol–water partition coefficient (Wildman–Crippen LogP) is 2.64. The highest BCUT2D eigenvalue weighted by Gasteiger charge is 2.15. The van der Waals surface area contributed by atoms with Crippen LogP contribution >= 0.6 is 0 Å². The number of nitrogens with two attached hydrogens (primary N) is 1. The first-order valence-corrected chi connectivity index (χ1v) is 6.80.